The van der Waals surface area contributed by atoms with Crippen molar-refractivity contribution in [2.45, 2.75) is 52.7 Å². The Labute approximate surface area is 131 Å². The van der Waals surface area contributed by atoms with Crippen LogP contribution in [0.2, 0.25) is 5.02 Å². The molecule has 1 aliphatic rings. The van der Waals surface area contributed by atoms with Crippen molar-refractivity contribution in [1.29, 1.82) is 0 Å². The van der Waals surface area contributed by atoms with Gasteiger partial charge in [-0.05, 0) is 27.2 Å². The van der Waals surface area contributed by atoms with Gasteiger partial charge in [0, 0.05) is 37.9 Å². The lowest BCUT2D eigenvalue weighted by atomic mass is 10.1. The Morgan fingerprint density at radius 1 is 1.48 bits per heavy atom. The molecule has 0 radical (unpaired) electrons. The van der Waals surface area contributed by atoms with Gasteiger partial charge in [0.1, 0.15) is 6.54 Å². The van der Waals surface area contributed by atoms with Crippen LogP contribution in [0, 0.1) is 6.92 Å². The number of halogens is 1. The minimum Gasteiger partial charge on any atom is -0.338 e. The fourth-order valence-electron chi connectivity index (χ4n) is 2.95. The number of carbonyl (C=O) groups excluding carboxylic acids is 1. The van der Waals surface area contributed by atoms with Crippen molar-refractivity contribution in [3.05, 3.63) is 16.9 Å². The summed E-state index contributed by atoms with van der Waals surface area (Å²) in [5.41, 5.74) is 0.764. The zero-order valence-electron chi connectivity index (χ0n) is 13.3. The van der Waals surface area contributed by atoms with E-state index in [-0.39, 0.29) is 12.5 Å². The van der Waals surface area contributed by atoms with Crippen LogP contribution in [-0.4, -0.2) is 57.2 Å². The van der Waals surface area contributed by atoms with Crippen molar-refractivity contribution in [3.8, 4) is 0 Å². The molecule has 0 aliphatic carbocycles. The molecule has 1 aromatic heterocycles. The van der Waals surface area contributed by atoms with Gasteiger partial charge in [-0.2, -0.15) is 5.10 Å². The van der Waals surface area contributed by atoms with E-state index in [0.29, 0.717) is 17.1 Å². The van der Waals surface area contributed by atoms with E-state index in [1.54, 1.807) is 10.9 Å². The number of rotatable bonds is 4. The van der Waals surface area contributed by atoms with Crippen LogP contribution in [0.5, 0.6) is 0 Å². The summed E-state index contributed by atoms with van der Waals surface area (Å²) < 4.78 is 1.63. The summed E-state index contributed by atoms with van der Waals surface area (Å²) in [7, 11) is 0. The largest absolute Gasteiger partial charge is 0.338 e. The molecule has 6 heteroatoms. The number of nitrogens with zero attached hydrogens (tertiary/aromatic N) is 4. The predicted molar refractivity (Wildman–Crippen MR) is 84.5 cm³/mol. The molecule has 1 saturated heterocycles. The van der Waals surface area contributed by atoms with Gasteiger partial charge < -0.3 is 4.90 Å². The molecule has 5 nitrogen and oxygen atoms in total. The van der Waals surface area contributed by atoms with Crippen LogP contribution in [0.4, 0.5) is 0 Å². The van der Waals surface area contributed by atoms with Gasteiger partial charge in [0.05, 0.1) is 10.7 Å². The molecule has 1 fully saturated rings. The van der Waals surface area contributed by atoms with Gasteiger partial charge in [0.15, 0.2) is 0 Å². The van der Waals surface area contributed by atoms with E-state index in [2.05, 4.69) is 30.8 Å². The van der Waals surface area contributed by atoms with Crippen LogP contribution in [0.15, 0.2) is 6.20 Å². The minimum atomic E-state index is 0.121. The predicted octanol–water partition coefficient (Wildman–Crippen LogP) is 2.18. The van der Waals surface area contributed by atoms with Crippen molar-refractivity contribution < 1.29 is 4.79 Å². The van der Waals surface area contributed by atoms with Crippen molar-refractivity contribution in [3.63, 3.8) is 0 Å². The highest BCUT2D eigenvalue weighted by molar-refractivity contribution is 6.31. The average molecular weight is 313 g/mol. The molecule has 1 aliphatic heterocycles. The molecular weight excluding hydrogens is 288 g/mol. The van der Waals surface area contributed by atoms with E-state index in [0.717, 1.165) is 31.7 Å². The Morgan fingerprint density at radius 3 is 2.71 bits per heavy atom. The van der Waals surface area contributed by atoms with E-state index in [9.17, 15) is 4.79 Å². The Morgan fingerprint density at radius 2 is 2.19 bits per heavy atom. The van der Waals surface area contributed by atoms with Gasteiger partial charge in [-0.3, -0.25) is 14.4 Å². The van der Waals surface area contributed by atoms with Gasteiger partial charge in [0.2, 0.25) is 5.91 Å². The summed E-state index contributed by atoms with van der Waals surface area (Å²) in [4.78, 5) is 16.9. The Balaban J connectivity index is 1.97. The standard InChI is InChI=1S/C15H25ClN4O/c1-5-13-8-18(6-7-20(13)11(2)3)15(21)10-19-9-14(16)12(4)17-19/h9,11,13H,5-8,10H2,1-4H3. The number of hydrogen-bond donors (Lipinski definition) is 0. The summed E-state index contributed by atoms with van der Waals surface area (Å²) in [5, 5.41) is 4.86. The molecule has 118 valence electrons. The molecule has 0 aromatic carbocycles. The first-order valence-electron chi connectivity index (χ1n) is 7.65. The van der Waals surface area contributed by atoms with Crippen LogP contribution < -0.4 is 0 Å². The van der Waals surface area contributed by atoms with Crippen LogP contribution in [0.25, 0.3) is 0 Å². The van der Waals surface area contributed by atoms with E-state index >= 15 is 0 Å². The molecule has 2 heterocycles. The van der Waals surface area contributed by atoms with Gasteiger partial charge in [-0.15, -0.1) is 0 Å². The van der Waals surface area contributed by atoms with E-state index in [4.69, 9.17) is 11.6 Å². The average Bonchev–Trinajstić information content (AvgIpc) is 2.76. The van der Waals surface area contributed by atoms with Crippen LogP contribution in [0.3, 0.4) is 0 Å². The van der Waals surface area contributed by atoms with Crippen molar-refractivity contribution >= 4 is 17.5 Å². The lowest BCUT2D eigenvalue weighted by molar-refractivity contribution is -0.135. The number of aromatic nitrogens is 2. The smallest absolute Gasteiger partial charge is 0.244 e. The Bertz CT molecular complexity index is 480. The zero-order chi connectivity index (χ0) is 15.6. The third-order valence-corrected chi connectivity index (χ3v) is 4.57. The first kappa shape index (κ1) is 16.3. The highest BCUT2D eigenvalue weighted by Crippen LogP contribution is 2.17. The van der Waals surface area contributed by atoms with Crippen molar-refractivity contribution in [1.82, 2.24) is 19.6 Å². The van der Waals surface area contributed by atoms with Crippen LogP contribution in [-0.2, 0) is 11.3 Å². The highest BCUT2D eigenvalue weighted by atomic mass is 35.5. The van der Waals surface area contributed by atoms with Crippen molar-refractivity contribution in [2.75, 3.05) is 19.6 Å². The summed E-state index contributed by atoms with van der Waals surface area (Å²) in [5.74, 6) is 0.121. The summed E-state index contributed by atoms with van der Waals surface area (Å²) >= 11 is 5.98. The van der Waals surface area contributed by atoms with Crippen LogP contribution in [0.1, 0.15) is 32.9 Å². The minimum absolute atomic E-state index is 0.121. The molecule has 21 heavy (non-hydrogen) atoms. The first-order chi connectivity index (χ1) is 9.92. The van der Waals surface area contributed by atoms with Gasteiger partial charge in [-0.1, -0.05) is 18.5 Å². The summed E-state index contributed by atoms with van der Waals surface area (Å²) in [6, 6.07) is 0.977. The molecular formula is C15H25ClN4O. The number of piperazine rings is 1. The molecule has 0 saturated carbocycles. The molecule has 1 aromatic rings. The maximum atomic E-state index is 12.4. The lowest BCUT2D eigenvalue weighted by Crippen LogP contribution is -2.56. The Kier molecular flexibility index (Phi) is 5.27. The Hall–Kier alpha value is -1.07. The molecule has 2 rings (SSSR count). The van der Waals surface area contributed by atoms with E-state index in [1.807, 2.05) is 11.8 Å². The molecule has 1 unspecified atom stereocenters. The van der Waals surface area contributed by atoms with Gasteiger partial charge >= 0.3 is 0 Å². The number of aryl methyl sites for hydroxylation is 1. The summed E-state index contributed by atoms with van der Waals surface area (Å²) in [6.07, 6.45) is 2.78. The third-order valence-electron chi connectivity index (χ3n) is 4.20. The second-order valence-corrected chi connectivity index (χ2v) is 6.40. The topological polar surface area (TPSA) is 41.4 Å². The van der Waals surface area contributed by atoms with Crippen molar-refractivity contribution in [2.24, 2.45) is 0 Å². The zero-order valence-corrected chi connectivity index (χ0v) is 14.1. The maximum absolute atomic E-state index is 12.4. The third kappa shape index (κ3) is 3.77. The molecule has 0 spiro atoms. The molecule has 1 amide bonds. The fraction of sp³-hybridized carbons (Fsp3) is 0.733. The maximum Gasteiger partial charge on any atom is 0.244 e. The fourth-order valence-corrected chi connectivity index (χ4v) is 3.10. The molecule has 0 bridgehead atoms. The van der Waals surface area contributed by atoms with Gasteiger partial charge in [-0.25, -0.2) is 0 Å². The normalized spacial score (nSPS) is 20.3. The summed E-state index contributed by atoms with van der Waals surface area (Å²) in [6.45, 7) is 11.3. The van der Waals surface area contributed by atoms with Crippen LogP contribution >= 0.6 is 11.6 Å². The highest BCUT2D eigenvalue weighted by Gasteiger charge is 2.29. The second-order valence-electron chi connectivity index (χ2n) is 5.99. The lowest BCUT2D eigenvalue weighted by Gasteiger charge is -2.43. The molecule has 1 atom stereocenters. The van der Waals surface area contributed by atoms with Gasteiger partial charge in [0.25, 0.3) is 0 Å². The first-order valence-corrected chi connectivity index (χ1v) is 8.03. The number of amides is 1. The SMILES string of the molecule is CCC1CN(C(=O)Cn2cc(Cl)c(C)n2)CCN1C(C)C. The quantitative estimate of drug-likeness (QED) is 0.855. The molecule has 0 N–H and O–H groups in total. The number of hydrogen-bond acceptors (Lipinski definition) is 3. The monoisotopic (exact) mass is 312 g/mol. The second kappa shape index (κ2) is 6.79. The van der Waals surface area contributed by atoms with E-state index < -0.39 is 0 Å². The number of carbonyl (C=O) groups is 1. The van der Waals surface area contributed by atoms with E-state index in [1.165, 1.54) is 0 Å².